The number of benzene rings is 1. The molecule has 6 heteroatoms. The summed E-state index contributed by atoms with van der Waals surface area (Å²) in [5, 5.41) is 0. The average molecular weight is 281 g/mol. The van der Waals surface area contributed by atoms with Gasteiger partial charge in [0.2, 0.25) is 0 Å². The highest BCUT2D eigenvalue weighted by Crippen LogP contribution is 2.15. The third-order valence-electron chi connectivity index (χ3n) is 3.20. The molecule has 0 amide bonds. The second-order valence-corrected chi connectivity index (χ2v) is 5.01. The van der Waals surface area contributed by atoms with Crippen molar-refractivity contribution in [3.05, 3.63) is 58.3 Å². The lowest BCUT2D eigenvalue weighted by Crippen LogP contribution is -2.29. The molecule has 0 aliphatic carbocycles. The molecular formula is C14H17F2N3O. The molecule has 0 saturated heterocycles. The summed E-state index contributed by atoms with van der Waals surface area (Å²) < 4.78 is 29.1. The van der Waals surface area contributed by atoms with Crippen molar-refractivity contribution >= 4 is 0 Å². The van der Waals surface area contributed by atoms with Crippen molar-refractivity contribution in [3.63, 3.8) is 0 Å². The molecule has 0 saturated carbocycles. The zero-order chi connectivity index (χ0) is 14.9. The van der Waals surface area contributed by atoms with Crippen LogP contribution in [0.4, 0.5) is 8.78 Å². The first-order chi connectivity index (χ1) is 9.40. The first-order valence-electron chi connectivity index (χ1n) is 6.38. The molecule has 2 N–H and O–H groups in total. The number of hydrogen-bond donors (Lipinski definition) is 1. The van der Waals surface area contributed by atoms with Gasteiger partial charge in [0.25, 0.3) is 0 Å². The zero-order valence-electron chi connectivity index (χ0n) is 11.4. The maximum absolute atomic E-state index is 13.2. The van der Waals surface area contributed by atoms with Gasteiger partial charge in [0.15, 0.2) is 11.6 Å². The van der Waals surface area contributed by atoms with Gasteiger partial charge in [-0.3, -0.25) is 9.13 Å². The highest BCUT2D eigenvalue weighted by Gasteiger charge is 2.13. The Kier molecular flexibility index (Phi) is 4.04. The van der Waals surface area contributed by atoms with E-state index >= 15 is 0 Å². The molecule has 0 aliphatic heterocycles. The molecule has 1 aromatic carbocycles. The molecule has 2 rings (SSSR count). The van der Waals surface area contributed by atoms with E-state index in [2.05, 4.69) is 0 Å². The summed E-state index contributed by atoms with van der Waals surface area (Å²) in [6.07, 6.45) is 3.33. The van der Waals surface area contributed by atoms with Gasteiger partial charge in [0, 0.05) is 31.0 Å². The largest absolute Gasteiger partial charge is 0.328 e. The summed E-state index contributed by atoms with van der Waals surface area (Å²) in [6.45, 7) is 4.02. The quantitative estimate of drug-likeness (QED) is 0.934. The topological polar surface area (TPSA) is 52.9 Å². The van der Waals surface area contributed by atoms with Gasteiger partial charge < -0.3 is 5.73 Å². The lowest BCUT2D eigenvalue weighted by Gasteiger charge is -2.13. The van der Waals surface area contributed by atoms with E-state index in [4.69, 9.17) is 5.73 Å². The Balaban J connectivity index is 2.21. The van der Waals surface area contributed by atoms with Crippen LogP contribution >= 0.6 is 0 Å². The van der Waals surface area contributed by atoms with E-state index in [1.807, 2.05) is 13.8 Å². The first kappa shape index (κ1) is 14.5. The van der Waals surface area contributed by atoms with Crippen molar-refractivity contribution in [1.29, 1.82) is 0 Å². The van der Waals surface area contributed by atoms with Crippen LogP contribution in [-0.4, -0.2) is 9.13 Å². The maximum atomic E-state index is 13.2. The molecule has 0 aliphatic rings. The average Bonchev–Trinajstić information content (AvgIpc) is 2.74. The minimum atomic E-state index is -0.940. The summed E-state index contributed by atoms with van der Waals surface area (Å²) in [7, 11) is 0. The molecule has 1 unspecified atom stereocenters. The van der Waals surface area contributed by atoms with E-state index in [1.54, 1.807) is 17.0 Å². The van der Waals surface area contributed by atoms with Gasteiger partial charge in [0.1, 0.15) is 0 Å². The van der Waals surface area contributed by atoms with Gasteiger partial charge in [0.05, 0.1) is 0 Å². The monoisotopic (exact) mass is 281 g/mol. The highest BCUT2D eigenvalue weighted by atomic mass is 19.2. The Morgan fingerprint density at radius 1 is 1.20 bits per heavy atom. The number of hydrogen-bond acceptors (Lipinski definition) is 2. The summed E-state index contributed by atoms with van der Waals surface area (Å²) in [5.74, 6) is -1.85. The Hall–Kier alpha value is -1.95. The minimum Gasteiger partial charge on any atom is -0.322 e. The van der Waals surface area contributed by atoms with E-state index < -0.39 is 17.7 Å². The minimum absolute atomic E-state index is 0.0586. The first-order valence-corrected chi connectivity index (χ1v) is 6.38. The van der Waals surface area contributed by atoms with Gasteiger partial charge in [-0.05, 0) is 31.5 Å². The molecule has 108 valence electrons. The SMILES string of the molecule is CC(C)n1ccn(CC(N)c2ccc(F)c(F)c2)c1=O. The van der Waals surface area contributed by atoms with Crippen LogP contribution in [0.3, 0.4) is 0 Å². The molecule has 20 heavy (non-hydrogen) atoms. The number of nitrogens with zero attached hydrogens (tertiary/aromatic N) is 2. The maximum Gasteiger partial charge on any atom is 0.328 e. The predicted molar refractivity (Wildman–Crippen MR) is 72.4 cm³/mol. The van der Waals surface area contributed by atoms with Gasteiger partial charge >= 0.3 is 5.69 Å². The van der Waals surface area contributed by atoms with Crippen LogP contribution in [0.15, 0.2) is 35.4 Å². The van der Waals surface area contributed by atoms with E-state index in [1.165, 1.54) is 10.6 Å². The fraction of sp³-hybridized carbons (Fsp3) is 0.357. The van der Waals surface area contributed by atoms with Gasteiger partial charge in [-0.2, -0.15) is 0 Å². The van der Waals surface area contributed by atoms with Crippen molar-refractivity contribution in [1.82, 2.24) is 9.13 Å². The molecule has 0 spiro atoms. The van der Waals surface area contributed by atoms with E-state index in [0.717, 1.165) is 12.1 Å². The van der Waals surface area contributed by atoms with Crippen LogP contribution in [0, 0.1) is 11.6 Å². The summed E-state index contributed by atoms with van der Waals surface area (Å²) >= 11 is 0. The zero-order valence-corrected chi connectivity index (χ0v) is 11.4. The third kappa shape index (κ3) is 2.80. The smallest absolute Gasteiger partial charge is 0.322 e. The standard InChI is InChI=1S/C14H17F2N3O/c1-9(2)19-6-5-18(14(19)20)8-13(17)10-3-4-11(15)12(16)7-10/h3-7,9,13H,8,17H2,1-2H3. The van der Waals surface area contributed by atoms with Crippen molar-refractivity contribution in [2.24, 2.45) is 5.73 Å². The van der Waals surface area contributed by atoms with Crippen molar-refractivity contribution in [2.45, 2.75) is 32.5 Å². The molecule has 0 fully saturated rings. The summed E-state index contributed by atoms with van der Waals surface area (Å²) in [6, 6.07) is 3.00. The van der Waals surface area contributed by atoms with E-state index in [0.29, 0.717) is 5.56 Å². The summed E-state index contributed by atoms with van der Waals surface area (Å²) in [4.78, 5) is 12.0. The number of imidazole rings is 1. The van der Waals surface area contributed by atoms with Gasteiger partial charge in [-0.25, -0.2) is 13.6 Å². The van der Waals surface area contributed by atoms with Crippen LogP contribution in [0.25, 0.3) is 0 Å². The molecule has 1 atom stereocenters. The lowest BCUT2D eigenvalue weighted by molar-refractivity contribution is 0.496. The van der Waals surface area contributed by atoms with Crippen LogP contribution in [0.2, 0.25) is 0 Å². The molecule has 0 radical (unpaired) electrons. The van der Waals surface area contributed by atoms with Crippen molar-refractivity contribution in [2.75, 3.05) is 0 Å². The van der Waals surface area contributed by atoms with Crippen LogP contribution in [0.5, 0.6) is 0 Å². The number of halogens is 2. The third-order valence-corrected chi connectivity index (χ3v) is 3.20. The molecule has 2 aromatic rings. The molecule has 1 heterocycles. The van der Waals surface area contributed by atoms with Crippen molar-refractivity contribution < 1.29 is 8.78 Å². The van der Waals surface area contributed by atoms with Gasteiger partial charge in [-0.1, -0.05) is 6.07 Å². The Bertz CT molecular complexity index is 661. The second kappa shape index (κ2) is 5.58. The van der Waals surface area contributed by atoms with Crippen LogP contribution in [0.1, 0.15) is 31.5 Å². The summed E-state index contributed by atoms with van der Waals surface area (Å²) in [5.41, 5.74) is 6.23. The number of rotatable bonds is 4. The second-order valence-electron chi connectivity index (χ2n) is 5.01. The molecular weight excluding hydrogens is 264 g/mol. The highest BCUT2D eigenvalue weighted by molar-refractivity contribution is 5.20. The fourth-order valence-electron chi connectivity index (χ4n) is 2.02. The lowest BCUT2D eigenvalue weighted by atomic mass is 10.1. The normalized spacial score (nSPS) is 12.9. The van der Waals surface area contributed by atoms with Crippen molar-refractivity contribution in [3.8, 4) is 0 Å². The Morgan fingerprint density at radius 3 is 2.45 bits per heavy atom. The van der Waals surface area contributed by atoms with E-state index in [9.17, 15) is 13.6 Å². The molecule has 4 nitrogen and oxygen atoms in total. The van der Waals surface area contributed by atoms with Crippen LogP contribution in [-0.2, 0) is 6.54 Å². The number of nitrogens with two attached hydrogens (primary N) is 1. The van der Waals surface area contributed by atoms with E-state index in [-0.39, 0.29) is 18.3 Å². The molecule has 1 aromatic heterocycles. The Morgan fingerprint density at radius 2 is 1.90 bits per heavy atom. The Labute approximate surface area is 115 Å². The fourth-order valence-corrected chi connectivity index (χ4v) is 2.02. The predicted octanol–water partition coefficient (Wildman–Crippen LogP) is 2.21. The molecule has 0 bridgehead atoms. The number of aromatic nitrogens is 2. The van der Waals surface area contributed by atoms with Crippen LogP contribution < -0.4 is 11.4 Å². The van der Waals surface area contributed by atoms with Gasteiger partial charge in [-0.15, -0.1) is 0 Å².